The Morgan fingerprint density at radius 3 is 2.48 bits per heavy atom. The summed E-state index contributed by atoms with van der Waals surface area (Å²) in [6, 6.07) is 8.26. The van der Waals surface area contributed by atoms with E-state index in [0.717, 1.165) is 0 Å². The lowest BCUT2D eigenvalue weighted by Gasteiger charge is -2.18. The van der Waals surface area contributed by atoms with E-state index in [0.29, 0.717) is 23.5 Å². The van der Waals surface area contributed by atoms with Crippen molar-refractivity contribution in [3.8, 4) is 5.75 Å². The van der Waals surface area contributed by atoms with Crippen molar-refractivity contribution in [2.45, 2.75) is 19.4 Å². The molecule has 0 aliphatic carbocycles. The fraction of sp³-hybridized carbons (Fsp3) is 0.278. The quantitative estimate of drug-likeness (QED) is 0.916. The van der Waals surface area contributed by atoms with Crippen LogP contribution in [0.1, 0.15) is 28.4 Å². The minimum Gasteiger partial charge on any atom is -0.497 e. The number of hydrogen-bond donors (Lipinski definition) is 1. The fourth-order valence-corrected chi connectivity index (χ4v) is 3.08. The lowest BCUT2D eigenvalue weighted by Crippen LogP contribution is -2.31. The molecule has 1 N–H and O–H groups in total. The maximum Gasteiger partial charge on any atom is 0.341 e. The van der Waals surface area contributed by atoms with Crippen molar-refractivity contribution >= 4 is 17.6 Å². The highest BCUT2D eigenvalue weighted by atomic mass is 16.5. The summed E-state index contributed by atoms with van der Waals surface area (Å²) in [5.41, 5.74) is 0.289. The smallest absolute Gasteiger partial charge is 0.341 e. The van der Waals surface area contributed by atoms with E-state index in [1.54, 1.807) is 55.5 Å². The molecule has 1 aromatic carbocycles. The van der Waals surface area contributed by atoms with Crippen LogP contribution in [0.15, 0.2) is 41.3 Å². The number of pyridine rings is 1. The van der Waals surface area contributed by atoms with Gasteiger partial charge in [-0.1, -0.05) is 0 Å². The number of hydrogen-bond acceptors (Lipinski definition) is 4. The number of aryl methyl sites for hydroxylation is 1. The summed E-state index contributed by atoms with van der Waals surface area (Å²) in [5.74, 6) is -0.680. The fourth-order valence-electron chi connectivity index (χ4n) is 3.08. The number of nitrogens with zero attached hydrogens (tertiary/aromatic N) is 2. The molecule has 7 nitrogen and oxygen atoms in total. The lowest BCUT2D eigenvalue weighted by molar-refractivity contribution is -0.117. The van der Waals surface area contributed by atoms with E-state index in [1.807, 2.05) is 0 Å². The largest absolute Gasteiger partial charge is 0.497 e. The predicted octanol–water partition coefficient (Wildman–Crippen LogP) is 1.84. The van der Waals surface area contributed by atoms with Gasteiger partial charge >= 0.3 is 5.97 Å². The normalized spacial score (nSPS) is 17.0. The molecule has 1 aliphatic rings. The second-order valence-corrected chi connectivity index (χ2v) is 5.95. The molecular formula is C18H18N2O5. The van der Waals surface area contributed by atoms with Gasteiger partial charge in [-0.25, -0.2) is 4.79 Å². The lowest BCUT2D eigenvalue weighted by atomic mass is 10.1. The Hall–Kier alpha value is -3.09. The Morgan fingerprint density at radius 1 is 1.20 bits per heavy atom. The third-order valence-electron chi connectivity index (χ3n) is 4.42. The molecule has 2 aromatic rings. The standard InChI is InChI=1S/C18H18N2O5/c1-11-7-8-19(17(22)16(11)18(23)24)13-9-15(21)20(10-13)12-3-5-14(25-2)6-4-12/h3-8,13H,9-10H2,1-2H3,(H,23,24). The number of ether oxygens (including phenoxy) is 1. The maximum absolute atomic E-state index is 12.5. The number of carboxylic acid groups (broad SMARTS) is 1. The number of methoxy groups -OCH3 is 1. The number of rotatable bonds is 4. The van der Waals surface area contributed by atoms with Crippen LogP contribution in [0.25, 0.3) is 0 Å². The first-order valence-electron chi connectivity index (χ1n) is 7.82. The summed E-state index contributed by atoms with van der Waals surface area (Å²) in [7, 11) is 1.57. The van der Waals surface area contributed by atoms with E-state index >= 15 is 0 Å². The Labute approximate surface area is 144 Å². The van der Waals surface area contributed by atoms with E-state index in [9.17, 15) is 19.5 Å². The highest BCUT2D eigenvalue weighted by molar-refractivity contribution is 5.96. The van der Waals surface area contributed by atoms with Gasteiger partial charge in [-0.2, -0.15) is 0 Å². The first kappa shape index (κ1) is 16.8. The summed E-state index contributed by atoms with van der Waals surface area (Å²) < 4.78 is 6.45. The van der Waals surface area contributed by atoms with Crippen LogP contribution in [0.4, 0.5) is 5.69 Å². The minimum absolute atomic E-state index is 0.112. The summed E-state index contributed by atoms with van der Waals surface area (Å²) in [6.45, 7) is 1.89. The number of aromatic carboxylic acids is 1. The van der Waals surface area contributed by atoms with Gasteiger partial charge in [0.05, 0.1) is 13.2 Å². The van der Waals surface area contributed by atoms with Crippen molar-refractivity contribution in [1.82, 2.24) is 4.57 Å². The molecule has 7 heteroatoms. The molecule has 1 fully saturated rings. The molecule has 1 aliphatic heterocycles. The van der Waals surface area contributed by atoms with Crippen molar-refractivity contribution in [2.75, 3.05) is 18.6 Å². The average Bonchev–Trinajstić information content (AvgIpc) is 2.96. The number of anilines is 1. The summed E-state index contributed by atoms with van der Waals surface area (Å²) >= 11 is 0. The van der Waals surface area contributed by atoms with Crippen LogP contribution in [0.3, 0.4) is 0 Å². The highest BCUT2D eigenvalue weighted by Gasteiger charge is 2.33. The van der Waals surface area contributed by atoms with Crippen LogP contribution in [0.5, 0.6) is 5.75 Å². The van der Waals surface area contributed by atoms with Crippen molar-refractivity contribution < 1.29 is 19.4 Å². The molecular weight excluding hydrogens is 324 g/mol. The predicted molar refractivity (Wildman–Crippen MR) is 91.4 cm³/mol. The van der Waals surface area contributed by atoms with Gasteiger partial charge in [0.1, 0.15) is 11.3 Å². The molecule has 0 bridgehead atoms. The van der Waals surface area contributed by atoms with Gasteiger partial charge in [-0.3, -0.25) is 9.59 Å². The molecule has 1 unspecified atom stereocenters. The molecule has 1 amide bonds. The molecule has 3 rings (SSSR count). The van der Waals surface area contributed by atoms with E-state index < -0.39 is 17.6 Å². The van der Waals surface area contributed by atoms with E-state index in [-0.39, 0.29) is 17.9 Å². The van der Waals surface area contributed by atoms with E-state index in [4.69, 9.17) is 4.74 Å². The zero-order chi connectivity index (χ0) is 18.1. The Morgan fingerprint density at radius 2 is 1.88 bits per heavy atom. The molecule has 0 spiro atoms. The number of carbonyl (C=O) groups excluding carboxylic acids is 1. The third kappa shape index (κ3) is 3.00. The minimum atomic E-state index is -1.26. The van der Waals surface area contributed by atoms with Crippen LogP contribution < -0.4 is 15.2 Å². The molecule has 130 valence electrons. The van der Waals surface area contributed by atoms with Crippen LogP contribution in [-0.4, -0.2) is 35.2 Å². The first-order chi connectivity index (χ1) is 11.9. The van der Waals surface area contributed by atoms with E-state index in [1.165, 1.54) is 4.57 Å². The van der Waals surface area contributed by atoms with Crippen LogP contribution in [0.2, 0.25) is 0 Å². The van der Waals surface area contributed by atoms with Gasteiger partial charge in [0, 0.05) is 24.8 Å². The van der Waals surface area contributed by atoms with Crippen LogP contribution in [0, 0.1) is 6.92 Å². The zero-order valence-corrected chi connectivity index (χ0v) is 13.9. The van der Waals surface area contributed by atoms with Gasteiger partial charge in [0.15, 0.2) is 0 Å². The zero-order valence-electron chi connectivity index (χ0n) is 13.9. The van der Waals surface area contributed by atoms with Gasteiger partial charge in [0.25, 0.3) is 5.56 Å². The Kier molecular flexibility index (Phi) is 4.31. The van der Waals surface area contributed by atoms with Gasteiger partial charge in [-0.15, -0.1) is 0 Å². The topological polar surface area (TPSA) is 88.8 Å². The van der Waals surface area contributed by atoms with Gasteiger partial charge in [-0.05, 0) is 42.8 Å². The monoisotopic (exact) mass is 342 g/mol. The van der Waals surface area contributed by atoms with Crippen LogP contribution in [-0.2, 0) is 4.79 Å². The molecule has 25 heavy (non-hydrogen) atoms. The van der Waals surface area contributed by atoms with Crippen molar-refractivity contribution in [3.05, 3.63) is 58.0 Å². The number of carbonyl (C=O) groups is 2. The molecule has 2 heterocycles. The summed E-state index contributed by atoms with van der Waals surface area (Å²) in [5, 5.41) is 9.24. The molecule has 0 radical (unpaired) electrons. The van der Waals surface area contributed by atoms with Gasteiger partial charge < -0.3 is 19.3 Å². The Bertz CT molecular complexity index is 885. The van der Waals surface area contributed by atoms with Crippen LogP contribution >= 0.6 is 0 Å². The second kappa shape index (κ2) is 6.43. The second-order valence-electron chi connectivity index (χ2n) is 5.95. The van der Waals surface area contributed by atoms with Crippen molar-refractivity contribution in [2.24, 2.45) is 0 Å². The Balaban J connectivity index is 1.91. The van der Waals surface area contributed by atoms with Crippen molar-refractivity contribution in [1.29, 1.82) is 0 Å². The third-order valence-corrected chi connectivity index (χ3v) is 4.42. The number of benzene rings is 1. The van der Waals surface area contributed by atoms with Crippen molar-refractivity contribution in [3.63, 3.8) is 0 Å². The average molecular weight is 342 g/mol. The summed E-state index contributed by atoms with van der Waals surface area (Å²) in [4.78, 5) is 37.8. The molecule has 1 atom stereocenters. The molecule has 1 saturated heterocycles. The number of amides is 1. The maximum atomic E-state index is 12.5. The molecule has 0 saturated carbocycles. The highest BCUT2D eigenvalue weighted by Crippen LogP contribution is 2.28. The van der Waals surface area contributed by atoms with Gasteiger partial charge in [0.2, 0.25) is 5.91 Å². The molecule has 1 aromatic heterocycles. The first-order valence-corrected chi connectivity index (χ1v) is 7.82. The number of aromatic nitrogens is 1. The summed E-state index contributed by atoms with van der Waals surface area (Å²) in [6.07, 6.45) is 1.70. The number of carboxylic acids is 1. The van der Waals surface area contributed by atoms with E-state index in [2.05, 4.69) is 0 Å². The SMILES string of the molecule is COc1ccc(N2CC(n3ccc(C)c(C(=O)O)c3=O)CC2=O)cc1.